The zero-order valence-electron chi connectivity index (χ0n) is 56.6. The number of nitriles is 5. The van der Waals surface area contributed by atoms with Gasteiger partial charge in [-0.3, -0.25) is 0 Å². The minimum atomic E-state index is -6.00. The zero-order valence-corrected chi connectivity index (χ0v) is 68.2. The molecular formula is C74H71B2CoF8N5P4S8+4. The van der Waals surface area contributed by atoms with Crippen molar-refractivity contribution < 1.29 is 51.3 Å². The van der Waals surface area contributed by atoms with Crippen molar-refractivity contribution in [2.75, 3.05) is 0 Å². The number of thioether (sulfide) groups is 8. The molecule has 0 saturated carbocycles. The fourth-order valence-electron chi connectivity index (χ4n) is 9.03. The Balaban J connectivity index is 0.000000397. The SMILES string of the molecule is CC#N.CC#N.CC#N.CC#N.CC#N.CC1=C(C)SC(=C2SC([PH+](c3ccccc3)c3ccccc3)=C([PH+](c3ccccc3)c3ccccc3)S2)S1.CC1=C(C)SC(=C2SC([PH+](c3ccccc3)c3ccccc3)=C([PH+](c3ccccc3)c3ccccc3)S2)S1.F[B-](F)(F)F.F[B-](F)(F)F.[Co+2]. The molecule has 0 amide bonds. The van der Waals surface area contributed by atoms with Gasteiger partial charge in [0.15, 0.2) is 18.6 Å². The van der Waals surface area contributed by atoms with E-state index in [9.17, 15) is 34.5 Å². The van der Waals surface area contributed by atoms with Crippen molar-refractivity contribution in [2.24, 2.45) is 0 Å². The van der Waals surface area contributed by atoms with Crippen LogP contribution in [0.1, 0.15) is 62.3 Å². The average molecular weight is 1640 g/mol. The van der Waals surface area contributed by atoms with Crippen LogP contribution in [0, 0.1) is 56.7 Å². The van der Waals surface area contributed by atoms with E-state index in [0.29, 0.717) is 0 Å². The molecule has 0 saturated heterocycles. The van der Waals surface area contributed by atoms with E-state index >= 15 is 0 Å². The molecule has 8 aromatic rings. The second kappa shape index (κ2) is 49.1. The molecule has 8 aromatic carbocycles. The van der Waals surface area contributed by atoms with E-state index < -0.39 is 46.2 Å². The van der Waals surface area contributed by atoms with Crippen molar-refractivity contribution >= 4 is 183 Å². The van der Waals surface area contributed by atoms with Gasteiger partial charge in [0, 0.05) is 34.6 Å². The first-order valence-corrected chi connectivity index (χ1v) is 42.9. The number of benzene rings is 8. The number of allylic oxidation sites excluding steroid dienone is 4. The molecule has 0 unspecified atom stereocenters. The maximum Gasteiger partial charge on any atom is 2.00 e. The normalized spacial score (nSPS) is 13.4. The summed E-state index contributed by atoms with van der Waals surface area (Å²) in [6, 6.07) is 98.6. The van der Waals surface area contributed by atoms with Crippen LogP contribution in [0.25, 0.3) is 0 Å². The third-order valence-corrected chi connectivity index (χ3v) is 38.7. The van der Waals surface area contributed by atoms with Gasteiger partial charge in [-0.15, -0.1) is 0 Å². The minimum Gasteiger partial charge on any atom is -0.418 e. The Morgan fingerprint density at radius 3 is 0.441 bits per heavy atom. The summed E-state index contributed by atoms with van der Waals surface area (Å²) in [6.45, 7) is 16.2. The Kier molecular flexibility index (Phi) is 43.6. The molecule has 4 aliphatic heterocycles. The Labute approximate surface area is 645 Å². The van der Waals surface area contributed by atoms with Crippen LogP contribution in [0.15, 0.2) is 298 Å². The summed E-state index contributed by atoms with van der Waals surface area (Å²) < 4.78 is 90.2. The first kappa shape index (κ1) is 90.5. The van der Waals surface area contributed by atoms with Crippen molar-refractivity contribution in [3.8, 4) is 30.3 Å². The summed E-state index contributed by atoms with van der Waals surface area (Å²) in [6.07, 6.45) is 0. The fourth-order valence-corrected chi connectivity index (χ4v) is 37.1. The second-order valence-electron chi connectivity index (χ2n) is 20.0. The number of hydrogen-bond acceptors (Lipinski definition) is 13. The van der Waals surface area contributed by atoms with Crippen molar-refractivity contribution in [3.63, 3.8) is 0 Å². The molecule has 0 aliphatic carbocycles. The van der Waals surface area contributed by atoms with Gasteiger partial charge >= 0.3 is 31.3 Å². The monoisotopic (exact) mass is 1640 g/mol. The van der Waals surface area contributed by atoms with Crippen LogP contribution in [-0.2, 0) is 16.8 Å². The molecule has 5 nitrogen and oxygen atoms in total. The van der Waals surface area contributed by atoms with Crippen molar-refractivity contribution in [1.29, 1.82) is 26.3 Å². The Bertz CT molecular complexity index is 3610. The zero-order chi connectivity index (χ0) is 74.3. The van der Waals surface area contributed by atoms with Crippen molar-refractivity contribution in [1.82, 2.24) is 0 Å². The summed E-state index contributed by atoms with van der Waals surface area (Å²) >= 11 is 16.1. The van der Waals surface area contributed by atoms with E-state index in [-0.39, 0.29) is 16.8 Å². The number of halogens is 8. The van der Waals surface area contributed by atoms with Gasteiger partial charge in [0.25, 0.3) is 0 Å². The van der Waals surface area contributed by atoms with Gasteiger partial charge in [0.2, 0.25) is 0 Å². The van der Waals surface area contributed by atoms with Crippen LogP contribution in [-0.4, -0.2) is 14.5 Å². The van der Waals surface area contributed by atoms with Gasteiger partial charge < -0.3 is 34.5 Å². The standard InChI is InChI=1S/2C32H26P2S4.5C2H3N.2BF4.Co/c2*1-23-24(2)36-31(35-23)32-37-29(33(25-15-7-3-8-16-25)26-17-9-4-10-18-26)30(38-32)34(27-19-11-5-12-20-27)28-21-13-6-14-22-28;5*1-2-3;2*2-1(3,4)5;/h2*3-22H,1-2H3;5*1H3;;;/q;;;;;;;2*-1;+2/p+4. The van der Waals surface area contributed by atoms with E-state index in [0.717, 1.165) is 0 Å². The molecule has 0 N–H and O–H groups in total. The van der Waals surface area contributed by atoms with Gasteiger partial charge in [-0.25, -0.2) is 0 Å². The summed E-state index contributed by atoms with van der Waals surface area (Å²) in [7, 11) is -16.8. The minimum absolute atomic E-state index is 0. The van der Waals surface area contributed by atoms with Gasteiger partial charge in [0.05, 0.1) is 47.3 Å². The van der Waals surface area contributed by atoms with Gasteiger partial charge in [-0.1, -0.05) is 193 Å². The Morgan fingerprint density at radius 2 is 0.333 bits per heavy atom. The molecule has 0 spiro atoms. The predicted octanol–water partition coefficient (Wildman–Crippen LogP) is 23.6. The molecule has 102 heavy (non-hydrogen) atoms. The molecule has 0 fully saturated rings. The maximum atomic E-state index is 9.75. The first-order chi connectivity index (χ1) is 48.4. The van der Waals surface area contributed by atoms with Gasteiger partial charge in [-0.05, 0) is 191 Å². The average Bonchev–Trinajstić information content (AvgIpc) is 1.59. The third kappa shape index (κ3) is 31.1. The smallest absolute Gasteiger partial charge is 0.418 e. The van der Waals surface area contributed by atoms with Gasteiger partial charge in [0.1, 0.15) is 74.1 Å². The molecular weight excluding hydrogens is 1570 g/mol. The van der Waals surface area contributed by atoms with E-state index in [2.05, 4.69) is 317 Å². The van der Waals surface area contributed by atoms with Crippen LogP contribution >= 0.6 is 126 Å². The fraction of sp³-hybridized carbons (Fsp3) is 0.122. The molecule has 4 aliphatic rings. The van der Waals surface area contributed by atoms with Crippen LogP contribution in [0.2, 0.25) is 0 Å². The quantitative estimate of drug-likeness (QED) is 0.0656. The molecule has 4 heterocycles. The van der Waals surface area contributed by atoms with Crippen molar-refractivity contribution in [2.45, 2.75) is 62.3 Å². The van der Waals surface area contributed by atoms with Gasteiger partial charge in [-0.2, -0.15) is 26.3 Å². The predicted molar refractivity (Wildman–Crippen MR) is 444 cm³/mol. The Morgan fingerprint density at radius 1 is 0.235 bits per heavy atom. The van der Waals surface area contributed by atoms with Crippen LogP contribution in [0.4, 0.5) is 34.5 Å². The van der Waals surface area contributed by atoms with E-state index in [1.54, 1.807) is 48.9 Å². The summed E-state index contributed by atoms with van der Waals surface area (Å²) in [4.78, 5) is 5.73. The third-order valence-electron chi connectivity index (χ3n) is 12.9. The molecule has 12 rings (SSSR count). The molecule has 28 heteroatoms. The summed E-state index contributed by atoms with van der Waals surface area (Å²) in [5, 5.41) is 48.2. The molecule has 1 radical (unpaired) electrons. The topological polar surface area (TPSA) is 119 Å². The summed E-state index contributed by atoms with van der Waals surface area (Å²) in [5.41, 5.74) is 0. The van der Waals surface area contributed by atoms with E-state index in [1.165, 1.54) is 114 Å². The maximum absolute atomic E-state index is 9.75. The summed E-state index contributed by atoms with van der Waals surface area (Å²) in [5.74, 6) is 0. The van der Waals surface area contributed by atoms with Crippen LogP contribution < -0.4 is 42.4 Å². The number of rotatable bonds is 12. The molecule has 0 aromatic heterocycles. The molecule has 0 bridgehead atoms. The second-order valence-corrected chi connectivity index (χ2v) is 41.1. The number of hydrogen-bond donors (Lipinski definition) is 0. The molecule has 0 atom stereocenters. The van der Waals surface area contributed by atoms with E-state index in [1.807, 2.05) is 47.0 Å². The van der Waals surface area contributed by atoms with Crippen LogP contribution in [0.5, 0.6) is 0 Å². The van der Waals surface area contributed by atoms with Crippen LogP contribution in [0.3, 0.4) is 0 Å². The Hall–Kier alpha value is -5.75. The molecule has 527 valence electrons. The van der Waals surface area contributed by atoms with E-state index in [4.69, 9.17) is 26.3 Å². The number of nitrogens with zero attached hydrogens (tertiary/aromatic N) is 5. The van der Waals surface area contributed by atoms with Crippen molar-refractivity contribution in [3.05, 3.63) is 298 Å². The largest absolute Gasteiger partial charge is 2.00 e. The first-order valence-electron chi connectivity index (χ1n) is 30.4.